The van der Waals surface area contributed by atoms with Gasteiger partial charge < -0.3 is 5.32 Å². The van der Waals surface area contributed by atoms with Gasteiger partial charge in [0.1, 0.15) is 10.2 Å². The van der Waals surface area contributed by atoms with Crippen molar-refractivity contribution in [2.45, 2.75) is 19.3 Å². The highest BCUT2D eigenvalue weighted by molar-refractivity contribution is 8.26. The fraction of sp³-hybridized carbons (Fsp3) is 0.294. The second kappa shape index (κ2) is 8.55. The maximum absolute atomic E-state index is 12.5. The maximum Gasteiger partial charge on any atom is 0.266 e. The third-order valence-electron chi connectivity index (χ3n) is 3.60. The molecule has 0 aromatic carbocycles. The van der Waals surface area contributed by atoms with E-state index in [0.29, 0.717) is 41.0 Å². The van der Waals surface area contributed by atoms with Crippen LogP contribution in [0.2, 0.25) is 0 Å². The summed E-state index contributed by atoms with van der Waals surface area (Å²) in [6, 6.07) is 3.91. The first-order chi connectivity index (χ1) is 12.1. The molecule has 2 aliphatic heterocycles. The summed E-state index contributed by atoms with van der Waals surface area (Å²) in [4.78, 5) is 31.9. The Labute approximate surface area is 159 Å². The number of dihydropyridines is 1. The number of aliphatic imine (C=N–C) groups is 1. The molecule has 1 fully saturated rings. The monoisotopic (exact) mass is 391 g/mol. The zero-order chi connectivity index (χ0) is 17.6. The summed E-state index contributed by atoms with van der Waals surface area (Å²) < 4.78 is 0.549. The van der Waals surface area contributed by atoms with Crippen molar-refractivity contribution in [3.05, 3.63) is 39.4 Å². The van der Waals surface area contributed by atoms with Gasteiger partial charge in [-0.15, -0.1) is 11.3 Å². The molecule has 130 valence electrons. The first kappa shape index (κ1) is 18.0. The first-order valence-corrected chi connectivity index (χ1v) is 10.0. The summed E-state index contributed by atoms with van der Waals surface area (Å²) in [6.07, 6.45) is 7.47. The number of thioether (sulfide) groups is 1. The van der Waals surface area contributed by atoms with E-state index < -0.39 is 0 Å². The number of amidine groups is 1. The Morgan fingerprint density at radius 1 is 1.48 bits per heavy atom. The summed E-state index contributed by atoms with van der Waals surface area (Å²) in [5, 5.41) is 4.75. The largest absolute Gasteiger partial charge is 0.311 e. The average Bonchev–Trinajstić information content (AvgIpc) is 3.19. The van der Waals surface area contributed by atoms with E-state index in [0.717, 1.165) is 11.3 Å². The standard InChI is InChI=1S/C17H17N3O2S3/c21-15(19-14-6-1-2-8-18-14)7-3-9-20-16(22)13(25-17(20)23)11-12-5-4-10-24-12/h1,4-6,10-11H,2-3,7-9H2,(H,18,19,21)/b13-11+. The third kappa shape index (κ3) is 4.87. The normalized spacial score (nSPS) is 18.8. The number of thiocarbonyl (C=S) groups is 1. The van der Waals surface area contributed by atoms with Gasteiger partial charge in [0.05, 0.1) is 4.91 Å². The third-order valence-corrected chi connectivity index (χ3v) is 5.79. The van der Waals surface area contributed by atoms with Gasteiger partial charge in [0.2, 0.25) is 5.91 Å². The van der Waals surface area contributed by atoms with Crippen molar-refractivity contribution >= 4 is 63.4 Å². The van der Waals surface area contributed by atoms with Crippen molar-refractivity contribution in [3.63, 3.8) is 0 Å². The van der Waals surface area contributed by atoms with Gasteiger partial charge in [0.25, 0.3) is 5.91 Å². The van der Waals surface area contributed by atoms with E-state index in [1.165, 1.54) is 11.8 Å². The van der Waals surface area contributed by atoms with E-state index in [1.807, 2.05) is 35.7 Å². The smallest absolute Gasteiger partial charge is 0.266 e. The average molecular weight is 392 g/mol. The molecule has 25 heavy (non-hydrogen) atoms. The van der Waals surface area contributed by atoms with Crippen LogP contribution in [0.3, 0.4) is 0 Å². The van der Waals surface area contributed by atoms with Crippen LogP contribution in [0.4, 0.5) is 0 Å². The minimum atomic E-state index is -0.0927. The quantitative estimate of drug-likeness (QED) is 0.618. The van der Waals surface area contributed by atoms with Gasteiger partial charge in [0.15, 0.2) is 0 Å². The lowest BCUT2D eigenvalue weighted by Gasteiger charge is -2.14. The van der Waals surface area contributed by atoms with Crippen LogP contribution in [0, 0.1) is 0 Å². The van der Waals surface area contributed by atoms with Crippen LogP contribution >= 0.6 is 35.3 Å². The Balaban J connectivity index is 1.49. The molecule has 3 heterocycles. The molecule has 1 N–H and O–H groups in total. The number of nitrogens with one attached hydrogen (secondary N) is 1. The summed E-state index contributed by atoms with van der Waals surface area (Å²) in [5.74, 6) is 0.439. The Bertz CT molecular complexity index is 766. The van der Waals surface area contributed by atoms with Crippen molar-refractivity contribution in [1.29, 1.82) is 0 Å². The molecular weight excluding hydrogens is 374 g/mol. The molecule has 1 aromatic heterocycles. The SMILES string of the molecule is O=C(CCCN1C(=O)/C(=C\c2cccs2)SC1=S)NC1=NCCC=C1. The van der Waals surface area contributed by atoms with Crippen LogP contribution in [-0.4, -0.2) is 40.0 Å². The van der Waals surface area contributed by atoms with Gasteiger partial charge >= 0.3 is 0 Å². The van der Waals surface area contributed by atoms with Crippen molar-refractivity contribution in [2.24, 2.45) is 4.99 Å². The number of carbonyl (C=O) groups excluding carboxylic acids is 2. The molecule has 3 rings (SSSR count). The van der Waals surface area contributed by atoms with Crippen molar-refractivity contribution in [3.8, 4) is 0 Å². The summed E-state index contributed by atoms with van der Waals surface area (Å²) in [7, 11) is 0. The van der Waals surface area contributed by atoms with E-state index in [-0.39, 0.29) is 11.8 Å². The van der Waals surface area contributed by atoms with Crippen LogP contribution < -0.4 is 5.32 Å². The van der Waals surface area contributed by atoms with E-state index in [1.54, 1.807) is 16.2 Å². The van der Waals surface area contributed by atoms with Crippen molar-refractivity contribution in [1.82, 2.24) is 10.2 Å². The van der Waals surface area contributed by atoms with Gasteiger partial charge in [-0.1, -0.05) is 36.1 Å². The first-order valence-electron chi connectivity index (χ1n) is 7.93. The van der Waals surface area contributed by atoms with Crippen LogP contribution in [0.25, 0.3) is 6.08 Å². The topological polar surface area (TPSA) is 61.8 Å². The molecule has 0 radical (unpaired) electrons. The highest BCUT2D eigenvalue weighted by Crippen LogP contribution is 2.33. The highest BCUT2D eigenvalue weighted by atomic mass is 32.2. The lowest BCUT2D eigenvalue weighted by molar-refractivity contribution is -0.123. The molecule has 1 aromatic rings. The van der Waals surface area contributed by atoms with Crippen LogP contribution in [0.5, 0.6) is 0 Å². The fourth-order valence-corrected chi connectivity index (χ4v) is 4.42. The minimum Gasteiger partial charge on any atom is -0.311 e. The lowest BCUT2D eigenvalue weighted by Crippen LogP contribution is -2.32. The van der Waals surface area contributed by atoms with E-state index >= 15 is 0 Å². The number of carbonyl (C=O) groups is 2. The highest BCUT2D eigenvalue weighted by Gasteiger charge is 2.31. The Morgan fingerprint density at radius 3 is 3.08 bits per heavy atom. The molecule has 0 spiro atoms. The molecule has 8 heteroatoms. The molecular formula is C17H17N3O2S3. The summed E-state index contributed by atoms with van der Waals surface area (Å²) in [5.41, 5.74) is 0. The van der Waals surface area contributed by atoms with Crippen LogP contribution in [-0.2, 0) is 9.59 Å². The zero-order valence-electron chi connectivity index (χ0n) is 13.4. The fourth-order valence-electron chi connectivity index (χ4n) is 2.39. The zero-order valence-corrected chi connectivity index (χ0v) is 15.9. The van der Waals surface area contributed by atoms with Gasteiger partial charge in [0, 0.05) is 24.4 Å². The molecule has 0 bridgehead atoms. The minimum absolute atomic E-state index is 0.0802. The van der Waals surface area contributed by atoms with Gasteiger partial charge in [-0.25, -0.2) is 0 Å². The van der Waals surface area contributed by atoms with E-state index in [4.69, 9.17) is 12.2 Å². The molecule has 0 unspecified atom stereocenters. The molecule has 5 nitrogen and oxygen atoms in total. The number of rotatable bonds is 5. The second-order valence-corrected chi connectivity index (χ2v) is 8.11. The summed E-state index contributed by atoms with van der Waals surface area (Å²) in [6.45, 7) is 1.15. The van der Waals surface area contributed by atoms with Gasteiger partial charge in [-0.2, -0.15) is 0 Å². The predicted octanol–water partition coefficient (Wildman–Crippen LogP) is 3.20. The second-order valence-electron chi connectivity index (χ2n) is 5.46. The maximum atomic E-state index is 12.5. The molecule has 0 aliphatic carbocycles. The molecule has 0 atom stereocenters. The Hall–Kier alpha value is -1.77. The molecule has 1 saturated heterocycles. The van der Waals surface area contributed by atoms with Crippen molar-refractivity contribution in [2.75, 3.05) is 13.1 Å². The van der Waals surface area contributed by atoms with Crippen LogP contribution in [0.15, 0.2) is 39.6 Å². The molecule has 2 amide bonds. The van der Waals surface area contributed by atoms with E-state index in [9.17, 15) is 9.59 Å². The number of hydrogen-bond donors (Lipinski definition) is 1. The number of hydrogen-bond acceptors (Lipinski definition) is 6. The number of nitrogens with zero attached hydrogens (tertiary/aromatic N) is 2. The van der Waals surface area contributed by atoms with Crippen molar-refractivity contribution < 1.29 is 9.59 Å². The molecule has 2 aliphatic rings. The Morgan fingerprint density at radius 2 is 2.36 bits per heavy atom. The van der Waals surface area contributed by atoms with Gasteiger partial charge in [-0.05, 0) is 36.4 Å². The van der Waals surface area contributed by atoms with Crippen LogP contribution in [0.1, 0.15) is 24.1 Å². The number of amides is 2. The number of thiophene rings is 1. The summed E-state index contributed by atoms with van der Waals surface area (Å²) >= 11 is 8.20. The predicted molar refractivity (Wildman–Crippen MR) is 108 cm³/mol. The van der Waals surface area contributed by atoms with Gasteiger partial charge in [-0.3, -0.25) is 19.5 Å². The Kier molecular flexibility index (Phi) is 6.17. The lowest BCUT2D eigenvalue weighted by atomic mass is 10.2. The molecule has 0 saturated carbocycles. The van der Waals surface area contributed by atoms with E-state index in [2.05, 4.69) is 10.3 Å².